The number of benzene rings is 2. The molecule has 1 N–H and O–H groups in total. The van der Waals surface area contributed by atoms with Gasteiger partial charge in [0.15, 0.2) is 11.5 Å². The van der Waals surface area contributed by atoms with Crippen molar-refractivity contribution >= 4 is 29.0 Å². The maximum Gasteiger partial charge on any atom is 0.293 e. The van der Waals surface area contributed by atoms with E-state index in [1.165, 1.54) is 18.1 Å². The summed E-state index contributed by atoms with van der Waals surface area (Å²) >= 11 is 0.883. The molecule has 1 saturated heterocycles. The summed E-state index contributed by atoms with van der Waals surface area (Å²) in [6.07, 6.45) is 1.61. The monoisotopic (exact) mass is 385 g/mol. The number of hydrogen-bond donors (Lipinski definition) is 1. The number of carbonyl (C=O) groups excluding carboxylic acids is 2. The molecule has 0 aliphatic carbocycles. The number of nitrogens with zero attached hydrogens (tertiary/aromatic N) is 1. The van der Waals surface area contributed by atoms with Gasteiger partial charge in [0.2, 0.25) is 0 Å². The first-order valence-corrected chi connectivity index (χ1v) is 9.11. The molecule has 0 bridgehead atoms. The molecule has 1 heterocycles. The average molecular weight is 385 g/mol. The Morgan fingerprint density at radius 1 is 1.19 bits per heavy atom. The molecule has 2 aromatic rings. The van der Waals surface area contributed by atoms with Crippen LogP contribution in [0.1, 0.15) is 11.1 Å². The van der Waals surface area contributed by atoms with Crippen LogP contribution < -0.4 is 9.47 Å². The topological polar surface area (TPSA) is 76.1 Å². The fraction of sp³-hybridized carbons (Fsp3) is 0.200. The second-order valence-electron chi connectivity index (χ2n) is 5.93. The predicted molar refractivity (Wildman–Crippen MR) is 104 cm³/mol. The molecule has 6 nitrogen and oxygen atoms in total. The summed E-state index contributed by atoms with van der Waals surface area (Å²) in [6, 6.07) is 12.3. The van der Waals surface area contributed by atoms with E-state index in [-0.39, 0.29) is 30.0 Å². The molecule has 0 radical (unpaired) electrons. The highest BCUT2D eigenvalue weighted by molar-refractivity contribution is 8.18. The van der Waals surface area contributed by atoms with E-state index >= 15 is 0 Å². The van der Waals surface area contributed by atoms with Crippen LogP contribution in [0.25, 0.3) is 6.08 Å². The van der Waals surface area contributed by atoms with E-state index in [4.69, 9.17) is 9.47 Å². The number of ether oxygens (including phenoxy) is 2. The van der Waals surface area contributed by atoms with Gasteiger partial charge >= 0.3 is 0 Å². The van der Waals surface area contributed by atoms with Crippen molar-refractivity contribution in [2.24, 2.45) is 0 Å². The molecule has 27 heavy (non-hydrogen) atoms. The zero-order valence-corrected chi connectivity index (χ0v) is 15.8. The van der Waals surface area contributed by atoms with Crippen molar-refractivity contribution in [1.82, 2.24) is 4.90 Å². The lowest BCUT2D eigenvalue weighted by atomic mass is 10.2. The Hall–Kier alpha value is -2.93. The van der Waals surface area contributed by atoms with E-state index in [1.807, 2.05) is 31.2 Å². The third-order valence-corrected chi connectivity index (χ3v) is 4.86. The van der Waals surface area contributed by atoms with Crippen LogP contribution in [0.15, 0.2) is 47.4 Å². The van der Waals surface area contributed by atoms with Crippen LogP contribution in [0.4, 0.5) is 4.79 Å². The van der Waals surface area contributed by atoms with Crippen molar-refractivity contribution in [1.29, 1.82) is 0 Å². The molecular formula is C20H19NO5S. The Labute approximate surface area is 161 Å². The molecule has 0 unspecified atom stereocenters. The van der Waals surface area contributed by atoms with Crippen molar-refractivity contribution in [3.05, 3.63) is 58.5 Å². The summed E-state index contributed by atoms with van der Waals surface area (Å²) in [6.45, 7) is 2.36. The van der Waals surface area contributed by atoms with Crippen LogP contribution in [0.3, 0.4) is 0 Å². The quantitative estimate of drug-likeness (QED) is 0.762. The number of imide groups is 1. The standard InChI is InChI=1S/C20H19NO5S/c1-13-4-3-5-15(10-13)26-9-8-21-19(23)18(27-20(21)24)12-14-6-7-16(22)17(11-14)25-2/h3-7,10-12,22H,8-9H2,1-2H3/b18-12-. The molecule has 0 atom stereocenters. The Morgan fingerprint density at radius 2 is 2.00 bits per heavy atom. The lowest BCUT2D eigenvalue weighted by molar-refractivity contribution is -0.123. The summed E-state index contributed by atoms with van der Waals surface area (Å²) in [4.78, 5) is 26.2. The van der Waals surface area contributed by atoms with E-state index in [2.05, 4.69) is 0 Å². The fourth-order valence-corrected chi connectivity index (χ4v) is 3.45. The van der Waals surface area contributed by atoms with Crippen LogP contribution >= 0.6 is 11.8 Å². The zero-order chi connectivity index (χ0) is 19.4. The number of phenols is 1. The smallest absolute Gasteiger partial charge is 0.293 e. The van der Waals surface area contributed by atoms with Crippen LogP contribution in [0.2, 0.25) is 0 Å². The van der Waals surface area contributed by atoms with E-state index in [0.29, 0.717) is 22.0 Å². The molecule has 1 aliphatic rings. The van der Waals surface area contributed by atoms with Crippen molar-refractivity contribution in [2.75, 3.05) is 20.3 Å². The molecule has 1 aliphatic heterocycles. The van der Waals surface area contributed by atoms with Crippen molar-refractivity contribution in [3.63, 3.8) is 0 Å². The second kappa shape index (κ2) is 8.18. The Morgan fingerprint density at radius 3 is 2.74 bits per heavy atom. The number of rotatable bonds is 6. The van der Waals surface area contributed by atoms with Crippen LogP contribution in [0.5, 0.6) is 17.2 Å². The molecule has 2 aromatic carbocycles. The first kappa shape index (κ1) is 18.8. The minimum absolute atomic E-state index is 0.0102. The van der Waals surface area contributed by atoms with E-state index in [0.717, 1.165) is 17.3 Å². The highest BCUT2D eigenvalue weighted by Gasteiger charge is 2.34. The zero-order valence-electron chi connectivity index (χ0n) is 15.0. The van der Waals surface area contributed by atoms with Gasteiger partial charge in [0.05, 0.1) is 18.6 Å². The third-order valence-electron chi connectivity index (χ3n) is 3.95. The number of thioether (sulfide) groups is 1. The van der Waals surface area contributed by atoms with E-state index < -0.39 is 0 Å². The Balaban J connectivity index is 1.66. The normalized spacial score (nSPS) is 15.5. The molecule has 0 saturated carbocycles. The molecular weight excluding hydrogens is 366 g/mol. The SMILES string of the molecule is COc1cc(/C=C2\SC(=O)N(CCOc3cccc(C)c3)C2=O)ccc1O. The van der Waals surface area contributed by atoms with Gasteiger partial charge in [-0.2, -0.15) is 0 Å². The molecule has 140 valence electrons. The lowest BCUT2D eigenvalue weighted by Crippen LogP contribution is -2.32. The number of amides is 2. The molecule has 3 rings (SSSR count). The number of hydrogen-bond acceptors (Lipinski definition) is 6. The van der Waals surface area contributed by atoms with Gasteiger partial charge in [0, 0.05) is 0 Å². The summed E-state index contributed by atoms with van der Waals surface area (Å²) in [5, 5.41) is 9.32. The minimum Gasteiger partial charge on any atom is -0.504 e. The number of phenolic OH excluding ortho intramolecular Hbond substituents is 1. The highest BCUT2D eigenvalue weighted by Crippen LogP contribution is 2.34. The Bertz CT molecular complexity index is 909. The van der Waals surface area contributed by atoms with Crippen molar-refractivity contribution in [2.45, 2.75) is 6.92 Å². The largest absolute Gasteiger partial charge is 0.504 e. The van der Waals surface area contributed by atoms with Gasteiger partial charge in [-0.15, -0.1) is 0 Å². The lowest BCUT2D eigenvalue weighted by Gasteiger charge is -2.13. The summed E-state index contributed by atoms with van der Waals surface area (Å²) < 4.78 is 10.7. The number of aryl methyl sites for hydroxylation is 1. The predicted octanol–water partition coefficient (Wildman–Crippen LogP) is 3.82. The van der Waals surface area contributed by atoms with Gasteiger partial charge in [0.25, 0.3) is 11.1 Å². The van der Waals surface area contributed by atoms with Crippen molar-refractivity contribution in [3.8, 4) is 17.2 Å². The van der Waals surface area contributed by atoms with Crippen LogP contribution in [-0.4, -0.2) is 41.4 Å². The van der Waals surface area contributed by atoms with Crippen LogP contribution in [-0.2, 0) is 4.79 Å². The highest BCUT2D eigenvalue weighted by atomic mass is 32.2. The number of carbonyl (C=O) groups is 2. The Kier molecular flexibility index (Phi) is 5.71. The molecule has 1 fully saturated rings. The van der Waals surface area contributed by atoms with Gasteiger partial charge in [0.1, 0.15) is 12.4 Å². The van der Waals surface area contributed by atoms with E-state index in [9.17, 15) is 14.7 Å². The summed E-state index contributed by atoms with van der Waals surface area (Å²) in [5.41, 5.74) is 1.73. The number of aromatic hydroxyl groups is 1. The van der Waals surface area contributed by atoms with Gasteiger partial charge in [-0.3, -0.25) is 14.5 Å². The summed E-state index contributed by atoms with van der Waals surface area (Å²) in [7, 11) is 1.45. The molecule has 0 aromatic heterocycles. The molecule has 2 amide bonds. The van der Waals surface area contributed by atoms with Gasteiger partial charge in [-0.1, -0.05) is 18.2 Å². The van der Waals surface area contributed by atoms with Gasteiger partial charge < -0.3 is 14.6 Å². The fourth-order valence-electron chi connectivity index (χ4n) is 2.59. The first-order chi connectivity index (χ1) is 13.0. The van der Waals surface area contributed by atoms with E-state index in [1.54, 1.807) is 18.2 Å². The second-order valence-corrected chi connectivity index (χ2v) is 6.92. The molecule has 7 heteroatoms. The maximum absolute atomic E-state index is 12.5. The van der Waals surface area contributed by atoms with Gasteiger partial charge in [-0.05, 0) is 60.2 Å². The third kappa shape index (κ3) is 4.43. The summed E-state index contributed by atoms with van der Waals surface area (Å²) in [5.74, 6) is 0.657. The first-order valence-electron chi connectivity index (χ1n) is 8.30. The van der Waals surface area contributed by atoms with Gasteiger partial charge in [-0.25, -0.2) is 0 Å². The maximum atomic E-state index is 12.5. The molecule has 0 spiro atoms. The minimum atomic E-state index is -0.357. The van der Waals surface area contributed by atoms with Crippen LogP contribution in [0, 0.1) is 6.92 Å². The van der Waals surface area contributed by atoms with Crippen molar-refractivity contribution < 1.29 is 24.2 Å². The average Bonchev–Trinajstić information content (AvgIpc) is 2.90. The number of methoxy groups -OCH3 is 1.